The molecule has 0 fully saturated rings. The highest BCUT2D eigenvalue weighted by atomic mass is 32.2. The fourth-order valence-electron chi connectivity index (χ4n) is 2.25. The van der Waals surface area contributed by atoms with Crippen molar-refractivity contribution in [1.29, 1.82) is 0 Å². The smallest absolute Gasteiger partial charge is 0.243 e. The molecule has 24 heavy (non-hydrogen) atoms. The van der Waals surface area contributed by atoms with Crippen LogP contribution in [0.5, 0.6) is 0 Å². The van der Waals surface area contributed by atoms with Crippen LogP contribution in [0, 0.1) is 0 Å². The summed E-state index contributed by atoms with van der Waals surface area (Å²) < 4.78 is 53.6. The molecule has 0 saturated carbocycles. The maximum Gasteiger partial charge on any atom is 0.243 e. The van der Waals surface area contributed by atoms with Gasteiger partial charge in [-0.05, 0) is 31.7 Å². The van der Waals surface area contributed by atoms with E-state index >= 15 is 0 Å². The molecule has 0 aliphatic carbocycles. The first-order valence-corrected chi connectivity index (χ1v) is 10.9. The van der Waals surface area contributed by atoms with Gasteiger partial charge in [0.15, 0.2) is 0 Å². The fraction of sp³-hybridized carbons (Fsp3) is 0.600. The Morgan fingerprint density at radius 1 is 1.04 bits per heavy atom. The minimum Gasteiger partial charge on any atom is -0.313 e. The Labute approximate surface area is 145 Å². The van der Waals surface area contributed by atoms with Crippen molar-refractivity contribution in [3.05, 3.63) is 24.3 Å². The van der Waals surface area contributed by atoms with Crippen LogP contribution in [-0.2, 0) is 20.0 Å². The van der Waals surface area contributed by atoms with E-state index in [1.54, 1.807) is 13.8 Å². The van der Waals surface area contributed by atoms with Gasteiger partial charge in [0.1, 0.15) is 0 Å². The van der Waals surface area contributed by atoms with Gasteiger partial charge in [0.05, 0.1) is 9.79 Å². The Morgan fingerprint density at radius 3 is 2.17 bits per heavy atom. The average Bonchev–Trinajstić information content (AvgIpc) is 2.54. The molecule has 1 rings (SSSR count). The van der Waals surface area contributed by atoms with Gasteiger partial charge in [0.2, 0.25) is 20.0 Å². The Bertz CT molecular complexity index is 729. The summed E-state index contributed by atoms with van der Waals surface area (Å²) in [4.78, 5) is -0.0757. The van der Waals surface area contributed by atoms with Crippen molar-refractivity contribution < 1.29 is 16.8 Å². The second kappa shape index (κ2) is 8.91. The average molecular weight is 378 g/mol. The van der Waals surface area contributed by atoms with Crippen LogP contribution in [0.2, 0.25) is 0 Å². The molecule has 0 spiro atoms. The van der Waals surface area contributed by atoms with Gasteiger partial charge in [0, 0.05) is 25.7 Å². The zero-order valence-corrected chi connectivity index (χ0v) is 16.2. The first kappa shape index (κ1) is 21.0. The third-order valence-corrected chi connectivity index (χ3v) is 7.06. The van der Waals surface area contributed by atoms with Crippen molar-refractivity contribution in [2.24, 2.45) is 0 Å². The van der Waals surface area contributed by atoms with Gasteiger partial charge < -0.3 is 5.32 Å². The molecule has 9 heteroatoms. The molecule has 7 nitrogen and oxygen atoms in total. The molecular weight excluding hydrogens is 350 g/mol. The normalized spacial score (nSPS) is 14.0. The fourth-order valence-corrected chi connectivity index (χ4v) is 5.01. The topological polar surface area (TPSA) is 95.6 Å². The highest BCUT2D eigenvalue weighted by Crippen LogP contribution is 2.19. The number of hydrogen-bond donors (Lipinski definition) is 2. The third kappa shape index (κ3) is 5.25. The number of hydrogen-bond acceptors (Lipinski definition) is 5. The number of nitrogens with one attached hydrogen (secondary N) is 2. The highest BCUT2D eigenvalue weighted by Gasteiger charge is 2.24. The monoisotopic (exact) mass is 377 g/mol. The summed E-state index contributed by atoms with van der Waals surface area (Å²) >= 11 is 0. The summed E-state index contributed by atoms with van der Waals surface area (Å²) in [6.07, 6.45) is 0. The van der Waals surface area contributed by atoms with E-state index in [-0.39, 0.29) is 22.4 Å². The lowest BCUT2D eigenvalue weighted by Gasteiger charge is -2.19. The van der Waals surface area contributed by atoms with Crippen LogP contribution < -0.4 is 10.0 Å². The van der Waals surface area contributed by atoms with Crippen molar-refractivity contribution in [1.82, 2.24) is 14.3 Å². The number of rotatable bonds is 10. The minimum atomic E-state index is -3.77. The largest absolute Gasteiger partial charge is 0.313 e. The van der Waals surface area contributed by atoms with Crippen LogP contribution in [0.3, 0.4) is 0 Å². The summed E-state index contributed by atoms with van der Waals surface area (Å²) in [6.45, 7) is 8.91. The van der Waals surface area contributed by atoms with Crippen LogP contribution in [0.25, 0.3) is 0 Å². The number of benzene rings is 1. The van der Waals surface area contributed by atoms with E-state index in [4.69, 9.17) is 0 Å². The van der Waals surface area contributed by atoms with E-state index in [0.29, 0.717) is 13.1 Å². The van der Waals surface area contributed by atoms with Gasteiger partial charge in [-0.15, -0.1) is 0 Å². The molecule has 2 N–H and O–H groups in total. The molecule has 0 saturated heterocycles. The molecule has 0 radical (unpaired) electrons. The second-order valence-corrected chi connectivity index (χ2v) is 9.08. The van der Waals surface area contributed by atoms with Gasteiger partial charge in [-0.25, -0.2) is 21.6 Å². The molecule has 0 aliphatic rings. The van der Waals surface area contributed by atoms with Crippen molar-refractivity contribution in [2.75, 3.05) is 26.2 Å². The maximum atomic E-state index is 12.5. The lowest BCUT2D eigenvalue weighted by atomic mass is 10.3. The Morgan fingerprint density at radius 2 is 1.62 bits per heavy atom. The summed E-state index contributed by atoms with van der Waals surface area (Å²) in [5, 5.41) is 3.11. The second-order valence-electron chi connectivity index (χ2n) is 5.37. The van der Waals surface area contributed by atoms with Crippen molar-refractivity contribution in [3.8, 4) is 0 Å². The van der Waals surface area contributed by atoms with Gasteiger partial charge in [-0.3, -0.25) is 0 Å². The molecule has 0 unspecified atom stereocenters. The Balaban J connectivity index is 3.07. The third-order valence-electron chi connectivity index (χ3n) is 3.59. The van der Waals surface area contributed by atoms with Gasteiger partial charge >= 0.3 is 0 Å². The highest BCUT2D eigenvalue weighted by molar-refractivity contribution is 7.90. The predicted molar refractivity (Wildman–Crippen MR) is 94.9 cm³/mol. The van der Waals surface area contributed by atoms with Crippen LogP contribution in [0.15, 0.2) is 34.1 Å². The van der Waals surface area contributed by atoms with E-state index in [1.807, 2.05) is 13.8 Å². The lowest BCUT2D eigenvalue weighted by molar-refractivity contribution is 0.445. The molecule has 1 atom stereocenters. The molecular formula is C15H27N3O4S2. The van der Waals surface area contributed by atoms with Gasteiger partial charge in [-0.2, -0.15) is 4.31 Å². The molecule has 0 heterocycles. The quantitative estimate of drug-likeness (QED) is 0.634. The molecule has 1 aromatic carbocycles. The molecule has 0 aliphatic heterocycles. The van der Waals surface area contributed by atoms with Crippen LogP contribution in [0.1, 0.15) is 27.7 Å². The lowest BCUT2D eigenvalue weighted by Crippen LogP contribution is -2.38. The van der Waals surface area contributed by atoms with Crippen molar-refractivity contribution in [3.63, 3.8) is 0 Å². The standard InChI is InChI=1S/C15H27N3O4S2/c1-5-16-13(4)12-17-23(19,20)14-9-8-10-15(11-14)24(21,22)18(6-2)7-3/h8-11,13,16-17H,5-7,12H2,1-4H3/t13-/m1/s1. The predicted octanol–water partition coefficient (Wildman–Crippen LogP) is 0.993. The van der Waals surface area contributed by atoms with Gasteiger partial charge in [0.25, 0.3) is 0 Å². The summed E-state index contributed by atoms with van der Waals surface area (Å²) in [6, 6.07) is 5.43. The number of likely N-dealkylation sites (N-methyl/N-ethyl adjacent to an activating group) is 1. The maximum absolute atomic E-state index is 12.5. The van der Waals surface area contributed by atoms with Gasteiger partial charge in [-0.1, -0.05) is 26.8 Å². The van der Waals surface area contributed by atoms with E-state index in [2.05, 4.69) is 10.0 Å². The van der Waals surface area contributed by atoms with E-state index in [1.165, 1.54) is 28.6 Å². The molecule has 138 valence electrons. The van der Waals surface area contributed by atoms with Crippen molar-refractivity contribution in [2.45, 2.75) is 43.5 Å². The van der Waals surface area contributed by atoms with Crippen LogP contribution in [-0.4, -0.2) is 53.4 Å². The van der Waals surface area contributed by atoms with E-state index in [9.17, 15) is 16.8 Å². The summed E-state index contributed by atoms with van der Waals surface area (Å²) in [5.41, 5.74) is 0. The van der Waals surface area contributed by atoms with E-state index in [0.717, 1.165) is 6.54 Å². The first-order valence-electron chi connectivity index (χ1n) is 8.02. The Hall–Kier alpha value is -1.00. The van der Waals surface area contributed by atoms with Crippen molar-refractivity contribution >= 4 is 20.0 Å². The van der Waals surface area contributed by atoms with Crippen LogP contribution >= 0.6 is 0 Å². The first-order chi connectivity index (χ1) is 11.2. The Kier molecular flexibility index (Phi) is 7.81. The minimum absolute atomic E-state index is 0.0196. The number of sulfonamides is 2. The van der Waals surface area contributed by atoms with E-state index < -0.39 is 20.0 Å². The zero-order valence-electron chi connectivity index (χ0n) is 14.6. The number of nitrogens with zero attached hydrogens (tertiary/aromatic N) is 1. The molecule has 0 bridgehead atoms. The summed E-state index contributed by atoms with van der Waals surface area (Å²) in [5.74, 6) is 0. The summed E-state index contributed by atoms with van der Waals surface area (Å²) in [7, 11) is -7.46. The van der Waals surface area contributed by atoms with Crippen LogP contribution in [0.4, 0.5) is 0 Å². The SMILES string of the molecule is CCN[C@H](C)CNS(=O)(=O)c1cccc(S(=O)(=O)N(CC)CC)c1. The molecule has 0 amide bonds. The molecule has 0 aromatic heterocycles. The zero-order chi connectivity index (χ0) is 18.4. The molecule has 1 aromatic rings.